The number of rotatable bonds is 2. The van der Waals surface area contributed by atoms with Gasteiger partial charge in [0, 0.05) is 19.4 Å². The molecule has 1 unspecified atom stereocenters. The van der Waals surface area contributed by atoms with Gasteiger partial charge in [0.1, 0.15) is 0 Å². The molecule has 0 saturated heterocycles. The number of carbonyl (C=O) groups excluding carboxylic acids is 1. The second-order valence-electron chi connectivity index (χ2n) is 2.79. The van der Waals surface area contributed by atoms with E-state index in [0.29, 0.717) is 13.2 Å². The van der Waals surface area contributed by atoms with E-state index in [4.69, 9.17) is 4.74 Å². The summed E-state index contributed by atoms with van der Waals surface area (Å²) < 4.78 is 9.96. The standard InChI is InChI=1S/C9H15NO3/c1-3-13-8-4-6-10(7-5-8)9(11)12-2/h4,6,8H,3,5,7H2,1-2H3. The van der Waals surface area contributed by atoms with Gasteiger partial charge in [0.15, 0.2) is 0 Å². The van der Waals surface area contributed by atoms with E-state index in [0.717, 1.165) is 6.42 Å². The van der Waals surface area contributed by atoms with Crippen LogP contribution in [-0.4, -0.2) is 37.4 Å². The van der Waals surface area contributed by atoms with Crippen LogP contribution in [-0.2, 0) is 9.47 Å². The largest absolute Gasteiger partial charge is 0.452 e. The average molecular weight is 185 g/mol. The third kappa shape index (κ3) is 2.73. The topological polar surface area (TPSA) is 38.8 Å². The highest BCUT2D eigenvalue weighted by Crippen LogP contribution is 2.10. The van der Waals surface area contributed by atoms with E-state index in [1.54, 1.807) is 6.20 Å². The summed E-state index contributed by atoms with van der Waals surface area (Å²) in [6.45, 7) is 3.32. The molecule has 0 bridgehead atoms. The Kier molecular flexibility index (Phi) is 3.76. The van der Waals surface area contributed by atoms with Crippen molar-refractivity contribution in [2.24, 2.45) is 0 Å². The molecular formula is C9H15NO3. The van der Waals surface area contributed by atoms with Crippen molar-refractivity contribution in [3.63, 3.8) is 0 Å². The van der Waals surface area contributed by atoms with Crippen LogP contribution in [0.3, 0.4) is 0 Å². The van der Waals surface area contributed by atoms with Gasteiger partial charge in [-0.25, -0.2) is 4.79 Å². The highest BCUT2D eigenvalue weighted by Gasteiger charge is 2.17. The van der Waals surface area contributed by atoms with Gasteiger partial charge in [-0.15, -0.1) is 0 Å². The predicted molar refractivity (Wildman–Crippen MR) is 48.3 cm³/mol. The summed E-state index contributed by atoms with van der Waals surface area (Å²) in [6, 6.07) is 0. The Morgan fingerprint density at radius 3 is 2.92 bits per heavy atom. The van der Waals surface area contributed by atoms with E-state index in [9.17, 15) is 4.79 Å². The lowest BCUT2D eigenvalue weighted by Crippen LogP contribution is -2.32. The van der Waals surface area contributed by atoms with Crippen molar-refractivity contribution in [3.8, 4) is 0 Å². The van der Waals surface area contributed by atoms with Gasteiger partial charge in [-0.05, 0) is 19.4 Å². The Balaban J connectivity index is 2.42. The molecule has 0 N–H and O–H groups in total. The normalized spacial score (nSPS) is 21.7. The molecule has 0 aliphatic carbocycles. The molecule has 0 aromatic rings. The van der Waals surface area contributed by atoms with Crippen molar-refractivity contribution in [2.75, 3.05) is 20.3 Å². The molecule has 74 valence electrons. The molecule has 1 aliphatic heterocycles. The maximum Gasteiger partial charge on any atom is 0.413 e. The Labute approximate surface area is 78.1 Å². The van der Waals surface area contributed by atoms with Gasteiger partial charge in [-0.2, -0.15) is 0 Å². The quantitative estimate of drug-likeness (QED) is 0.652. The van der Waals surface area contributed by atoms with Crippen molar-refractivity contribution >= 4 is 6.09 Å². The van der Waals surface area contributed by atoms with Crippen molar-refractivity contribution in [1.82, 2.24) is 4.90 Å². The van der Waals surface area contributed by atoms with Crippen LogP contribution in [0.1, 0.15) is 13.3 Å². The molecule has 0 aromatic heterocycles. The molecule has 1 heterocycles. The summed E-state index contributed by atoms with van der Waals surface area (Å²) >= 11 is 0. The molecule has 1 aliphatic rings. The summed E-state index contributed by atoms with van der Waals surface area (Å²) in [5.41, 5.74) is 0. The highest BCUT2D eigenvalue weighted by molar-refractivity contribution is 5.68. The Morgan fingerprint density at radius 1 is 1.69 bits per heavy atom. The van der Waals surface area contributed by atoms with Gasteiger partial charge >= 0.3 is 6.09 Å². The number of hydrogen-bond donors (Lipinski definition) is 0. The van der Waals surface area contributed by atoms with Gasteiger partial charge < -0.3 is 9.47 Å². The molecule has 1 atom stereocenters. The Hall–Kier alpha value is -1.03. The minimum atomic E-state index is -0.314. The van der Waals surface area contributed by atoms with Gasteiger partial charge in [-0.3, -0.25) is 4.90 Å². The number of amides is 1. The predicted octanol–water partition coefficient (Wildman–Crippen LogP) is 1.38. The van der Waals surface area contributed by atoms with Crippen LogP contribution >= 0.6 is 0 Å². The second kappa shape index (κ2) is 4.87. The summed E-state index contributed by atoms with van der Waals surface area (Å²) in [4.78, 5) is 12.6. The maximum absolute atomic E-state index is 11.0. The van der Waals surface area contributed by atoms with Crippen molar-refractivity contribution in [2.45, 2.75) is 19.4 Å². The van der Waals surface area contributed by atoms with Crippen LogP contribution in [0.2, 0.25) is 0 Å². The fraction of sp³-hybridized carbons (Fsp3) is 0.667. The first kappa shape index (κ1) is 10.1. The van der Waals surface area contributed by atoms with Crippen molar-refractivity contribution in [3.05, 3.63) is 12.3 Å². The first-order chi connectivity index (χ1) is 6.27. The third-order valence-corrected chi connectivity index (χ3v) is 1.93. The zero-order valence-corrected chi connectivity index (χ0v) is 8.03. The monoisotopic (exact) mass is 185 g/mol. The molecule has 0 saturated carbocycles. The van der Waals surface area contributed by atoms with Crippen molar-refractivity contribution in [1.29, 1.82) is 0 Å². The zero-order valence-electron chi connectivity index (χ0n) is 8.03. The van der Waals surface area contributed by atoms with E-state index >= 15 is 0 Å². The average Bonchev–Trinajstić information content (AvgIpc) is 2.18. The number of ether oxygens (including phenoxy) is 2. The minimum absolute atomic E-state index is 0.144. The molecule has 0 fully saturated rings. The van der Waals surface area contributed by atoms with Crippen LogP contribution in [0, 0.1) is 0 Å². The molecule has 0 aromatic carbocycles. The van der Waals surface area contributed by atoms with Crippen LogP contribution < -0.4 is 0 Å². The first-order valence-electron chi connectivity index (χ1n) is 4.42. The highest BCUT2D eigenvalue weighted by atomic mass is 16.5. The Morgan fingerprint density at radius 2 is 2.46 bits per heavy atom. The second-order valence-corrected chi connectivity index (χ2v) is 2.79. The molecule has 13 heavy (non-hydrogen) atoms. The number of nitrogens with zero attached hydrogens (tertiary/aromatic N) is 1. The van der Waals surface area contributed by atoms with Crippen LogP contribution in [0.5, 0.6) is 0 Å². The molecular weight excluding hydrogens is 170 g/mol. The zero-order chi connectivity index (χ0) is 9.68. The molecule has 4 nitrogen and oxygen atoms in total. The van der Waals surface area contributed by atoms with Gasteiger partial charge in [-0.1, -0.05) is 0 Å². The first-order valence-corrected chi connectivity index (χ1v) is 4.42. The number of hydrogen-bond acceptors (Lipinski definition) is 3. The SMILES string of the molecule is CCOC1C=CN(C(=O)OC)CC1. The molecule has 1 rings (SSSR count). The smallest absolute Gasteiger partial charge is 0.413 e. The lowest BCUT2D eigenvalue weighted by Gasteiger charge is -2.24. The van der Waals surface area contributed by atoms with Crippen LogP contribution in [0.15, 0.2) is 12.3 Å². The van der Waals surface area contributed by atoms with Crippen LogP contribution in [0.25, 0.3) is 0 Å². The van der Waals surface area contributed by atoms with E-state index < -0.39 is 0 Å². The molecule has 0 spiro atoms. The fourth-order valence-electron chi connectivity index (χ4n) is 1.26. The van der Waals surface area contributed by atoms with E-state index in [1.807, 2.05) is 13.0 Å². The van der Waals surface area contributed by atoms with E-state index in [-0.39, 0.29) is 12.2 Å². The molecule has 1 amide bonds. The van der Waals surface area contributed by atoms with Crippen LogP contribution in [0.4, 0.5) is 4.79 Å². The summed E-state index contributed by atoms with van der Waals surface area (Å²) in [6.07, 6.45) is 4.26. The van der Waals surface area contributed by atoms with E-state index in [1.165, 1.54) is 12.0 Å². The minimum Gasteiger partial charge on any atom is -0.452 e. The molecule has 0 radical (unpaired) electrons. The summed E-state index contributed by atoms with van der Waals surface area (Å²) in [5, 5.41) is 0. The fourth-order valence-corrected chi connectivity index (χ4v) is 1.26. The third-order valence-electron chi connectivity index (χ3n) is 1.93. The van der Waals surface area contributed by atoms with Gasteiger partial charge in [0.25, 0.3) is 0 Å². The Bertz CT molecular complexity index is 203. The number of carbonyl (C=O) groups is 1. The van der Waals surface area contributed by atoms with E-state index in [2.05, 4.69) is 4.74 Å². The summed E-state index contributed by atoms with van der Waals surface area (Å²) in [7, 11) is 1.38. The van der Waals surface area contributed by atoms with Gasteiger partial charge in [0.2, 0.25) is 0 Å². The number of methoxy groups -OCH3 is 1. The molecule has 4 heteroatoms. The van der Waals surface area contributed by atoms with Gasteiger partial charge in [0.05, 0.1) is 13.2 Å². The summed E-state index contributed by atoms with van der Waals surface area (Å²) in [5.74, 6) is 0. The lowest BCUT2D eigenvalue weighted by atomic mass is 10.2. The maximum atomic E-state index is 11.0. The van der Waals surface area contributed by atoms with Crippen molar-refractivity contribution < 1.29 is 14.3 Å². The lowest BCUT2D eigenvalue weighted by molar-refractivity contribution is 0.0724.